The van der Waals surface area contributed by atoms with Crippen molar-refractivity contribution in [3.63, 3.8) is 0 Å². The molecule has 94 valence electrons. The van der Waals surface area contributed by atoms with E-state index >= 15 is 0 Å². The number of nitrogens with zero attached hydrogens (tertiary/aromatic N) is 1. The van der Waals surface area contributed by atoms with Crippen LogP contribution in [0, 0.1) is 0 Å². The summed E-state index contributed by atoms with van der Waals surface area (Å²) in [6.45, 7) is 3.31. The molecule has 0 bridgehead atoms. The number of carbonyl (C=O) groups excluding carboxylic acids is 1. The van der Waals surface area contributed by atoms with E-state index in [0.717, 1.165) is 0 Å². The maximum atomic E-state index is 12.1. The molecule has 5 nitrogen and oxygen atoms in total. The zero-order valence-corrected chi connectivity index (χ0v) is 10.4. The van der Waals surface area contributed by atoms with Crippen LogP contribution in [0.3, 0.4) is 0 Å². The summed E-state index contributed by atoms with van der Waals surface area (Å²) < 4.78 is 4.82. The van der Waals surface area contributed by atoms with Crippen molar-refractivity contribution >= 4 is 23.5 Å². The first-order valence-electron chi connectivity index (χ1n) is 5.23. The van der Waals surface area contributed by atoms with Gasteiger partial charge in [0.1, 0.15) is 6.54 Å². The predicted octanol–water partition coefficient (Wildman–Crippen LogP) is 2.26. The number of halogens is 1. The summed E-state index contributed by atoms with van der Waals surface area (Å²) in [5.74, 6) is -1.49. The summed E-state index contributed by atoms with van der Waals surface area (Å²) in [6.07, 6.45) is 1.96. The van der Waals surface area contributed by atoms with Crippen molar-refractivity contribution in [2.75, 3.05) is 6.54 Å². The Labute approximate surface area is 104 Å². The van der Waals surface area contributed by atoms with Gasteiger partial charge in [-0.1, -0.05) is 6.92 Å². The summed E-state index contributed by atoms with van der Waals surface area (Å²) in [5, 5.41) is 8.77. The van der Waals surface area contributed by atoms with E-state index in [1.54, 1.807) is 6.92 Å². The van der Waals surface area contributed by atoms with E-state index in [0.29, 0.717) is 6.42 Å². The molecule has 17 heavy (non-hydrogen) atoms. The molecule has 0 saturated carbocycles. The quantitative estimate of drug-likeness (QED) is 0.880. The standard InChI is InChI=1S/C11H14ClNO4/c1-3-7(2)13(6-9(14)15)11(16)8-4-5-17-10(8)12/h4-5,7H,3,6H2,1-2H3,(H,14,15). The number of rotatable bonds is 5. The van der Waals surface area contributed by atoms with Gasteiger partial charge in [-0.05, 0) is 31.0 Å². The average molecular weight is 260 g/mol. The molecule has 6 heteroatoms. The topological polar surface area (TPSA) is 70.8 Å². The monoisotopic (exact) mass is 259 g/mol. The van der Waals surface area contributed by atoms with E-state index in [2.05, 4.69) is 0 Å². The molecule has 1 N–H and O–H groups in total. The van der Waals surface area contributed by atoms with Crippen LogP contribution in [0.25, 0.3) is 0 Å². The second kappa shape index (κ2) is 5.72. The highest BCUT2D eigenvalue weighted by atomic mass is 35.5. The van der Waals surface area contributed by atoms with Gasteiger partial charge in [0.2, 0.25) is 5.22 Å². The number of hydrogen-bond donors (Lipinski definition) is 1. The van der Waals surface area contributed by atoms with Gasteiger partial charge in [-0.25, -0.2) is 0 Å². The predicted molar refractivity (Wildman–Crippen MR) is 62.1 cm³/mol. The first-order valence-corrected chi connectivity index (χ1v) is 5.60. The molecule has 0 fully saturated rings. The molecule has 0 aromatic carbocycles. The molecule has 1 heterocycles. The maximum Gasteiger partial charge on any atom is 0.323 e. The fourth-order valence-corrected chi connectivity index (χ4v) is 1.59. The van der Waals surface area contributed by atoms with Crippen LogP contribution < -0.4 is 0 Å². The average Bonchev–Trinajstić information content (AvgIpc) is 2.70. The third kappa shape index (κ3) is 3.23. The van der Waals surface area contributed by atoms with Crippen LogP contribution in [0.15, 0.2) is 16.7 Å². The van der Waals surface area contributed by atoms with Crippen LogP contribution >= 0.6 is 11.6 Å². The van der Waals surface area contributed by atoms with Crippen LogP contribution in [-0.4, -0.2) is 34.5 Å². The van der Waals surface area contributed by atoms with Crippen molar-refractivity contribution in [3.05, 3.63) is 23.1 Å². The maximum absolute atomic E-state index is 12.1. The first kappa shape index (κ1) is 13.6. The Bertz CT molecular complexity index is 415. The number of carboxylic acids is 1. The van der Waals surface area contributed by atoms with E-state index in [9.17, 15) is 9.59 Å². The fraction of sp³-hybridized carbons (Fsp3) is 0.455. The highest BCUT2D eigenvalue weighted by Crippen LogP contribution is 2.20. The number of furan rings is 1. The van der Waals surface area contributed by atoms with E-state index < -0.39 is 11.9 Å². The molecular formula is C11H14ClNO4. The molecule has 0 spiro atoms. The van der Waals surface area contributed by atoms with Crippen molar-refractivity contribution < 1.29 is 19.1 Å². The van der Waals surface area contributed by atoms with Crippen molar-refractivity contribution in [2.24, 2.45) is 0 Å². The van der Waals surface area contributed by atoms with Crippen LogP contribution in [0.5, 0.6) is 0 Å². The van der Waals surface area contributed by atoms with Gasteiger partial charge in [-0.2, -0.15) is 0 Å². The molecule has 1 rings (SSSR count). The minimum atomic E-state index is -1.06. The van der Waals surface area contributed by atoms with Crippen LogP contribution in [0.1, 0.15) is 30.6 Å². The van der Waals surface area contributed by atoms with Crippen molar-refractivity contribution in [1.29, 1.82) is 0 Å². The molecule has 0 aliphatic carbocycles. The second-order valence-electron chi connectivity index (χ2n) is 3.69. The molecule has 1 amide bonds. The minimum absolute atomic E-state index is 0.0197. The molecular weight excluding hydrogens is 246 g/mol. The highest BCUT2D eigenvalue weighted by Gasteiger charge is 2.25. The van der Waals surface area contributed by atoms with Gasteiger partial charge in [0.15, 0.2) is 0 Å². The number of aliphatic carboxylic acids is 1. The summed E-state index contributed by atoms with van der Waals surface area (Å²) >= 11 is 5.70. The van der Waals surface area contributed by atoms with Crippen molar-refractivity contribution in [3.8, 4) is 0 Å². The molecule has 0 radical (unpaired) electrons. The van der Waals surface area contributed by atoms with E-state index in [4.69, 9.17) is 21.1 Å². The third-order valence-electron chi connectivity index (χ3n) is 2.54. The molecule has 0 saturated heterocycles. The Morgan fingerprint density at radius 1 is 1.59 bits per heavy atom. The molecule has 1 aromatic heterocycles. The molecule has 1 atom stereocenters. The zero-order valence-electron chi connectivity index (χ0n) is 9.64. The van der Waals surface area contributed by atoms with Crippen molar-refractivity contribution in [2.45, 2.75) is 26.3 Å². The summed E-state index contributed by atoms with van der Waals surface area (Å²) in [6, 6.07) is 1.26. The van der Waals surface area contributed by atoms with Gasteiger partial charge < -0.3 is 14.4 Å². The van der Waals surface area contributed by atoms with Crippen LogP contribution in [-0.2, 0) is 4.79 Å². The van der Waals surface area contributed by atoms with Gasteiger partial charge in [0, 0.05) is 6.04 Å². The van der Waals surface area contributed by atoms with Gasteiger partial charge >= 0.3 is 5.97 Å². The van der Waals surface area contributed by atoms with E-state index in [1.165, 1.54) is 17.2 Å². The van der Waals surface area contributed by atoms with E-state index in [-0.39, 0.29) is 23.4 Å². The Morgan fingerprint density at radius 2 is 2.24 bits per heavy atom. The van der Waals surface area contributed by atoms with Crippen LogP contribution in [0.2, 0.25) is 5.22 Å². The van der Waals surface area contributed by atoms with Gasteiger partial charge in [0.05, 0.1) is 11.8 Å². The Kier molecular flexibility index (Phi) is 4.57. The number of carbonyl (C=O) groups is 2. The number of amides is 1. The SMILES string of the molecule is CCC(C)N(CC(=O)O)C(=O)c1ccoc1Cl. The lowest BCUT2D eigenvalue weighted by Crippen LogP contribution is -2.41. The molecule has 0 aliphatic heterocycles. The Morgan fingerprint density at radius 3 is 2.65 bits per heavy atom. The van der Waals surface area contributed by atoms with Gasteiger partial charge in [-0.3, -0.25) is 9.59 Å². The third-order valence-corrected chi connectivity index (χ3v) is 2.83. The van der Waals surface area contributed by atoms with Crippen LogP contribution in [0.4, 0.5) is 0 Å². The fourth-order valence-electron chi connectivity index (χ4n) is 1.39. The molecule has 1 aromatic rings. The smallest absolute Gasteiger partial charge is 0.323 e. The first-order chi connectivity index (χ1) is 7.97. The molecule has 1 unspecified atom stereocenters. The summed E-state index contributed by atoms with van der Waals surface area (Å²) in [7, 11) is 0. The van der Waals surface area contributed by atoms with Gasteiger partial charge in [-0.15, -0.1) is 0 Å². The Hall–Kier alpha value is -1.49. The lowest BCUT2D eigenvalue weighted by molar-refractivity contribution is -0.138. The lowest BCUT2D eigenvalue weighted by atomic mass is 10.2. The zero-order chi connectivity index (χ0) is 13.0. The largest absolute Gasteiger partial charge is 0.480 e. The molecule has 0 aliphatic rings. The normalized spacial score (nSPS) is 12.2. The summed E-state index contributed by atoms with van der Waals surface area (Å²) in [5.41, 5.74) is 0.188. The van der Waals surface area contributed by atoms with E-state index in [1.807, 2.05) is 6.92 Å². The highest BCUT2D eigenvalue weighted by molar-refractivity contribution is 6.32. The summed E-state index contributed by atoms with van der Waals surface area (Å²) in [4.78, 5) is 24.1. The number of carboxylic acid groups (broad SMARTS) is 1. The Balaban J connectivity index is 2.94. The van der Waals surface area contributed by atoms with Crippen molar-refractivity contribution in [1.82, 2.24) is 4.90 Å². The minimum Gasteiger partial charge on any atom is -0.480 e. The lowest BCUT2D eigenvalue weighted by Gasteiger charge is -2.26. The second-order valence-corrected chi connectivity index (χ2v) is 4.04. The number of hydrogen-bond acceptors (Lipinski definition) is 3. The van der Waals surface area contributed by atoms with Gasteiger partial charge in [0.25, 0.3) is 5.91 Å².